The van der Waals surface area contributed by atoms with Crippen molar-refractivity contribution in [3.63, 3.8) is 0 Å². The summed E-state index contributed by atoms with van der Waals surface area (Å²) in [6, 6.07) is 3.95. The number of aromatic amines is 1. The van der Waals surface area contributed by atoms with E-state index < -0.39 is 34.7 Å². The molecule has 12 heteroatoms. The third-order valence-electron chi connectivity index (χ3n) is 7.12. The minimum absolute atomic E-state index is 0.258. The number of ether oxygens (including phenoxy) is 1. The van der Waals surface area contributed by atoms with Crippen molar-refractivity contribution in [2.75, 3.05) is 33.3 Å². The summed E-state index contributed by atoms with van der Waals surface area (Å²) in [5, 5.41) is 5.45. The molecule has 0 atom stereocenters. The van der Waals surface area contributed by atoms with Crippen molar-refractivity contribution in [3.05, 3.63) is 66.1 Å². The summed E-state index contributed by atoms with van der Waals surface area (Å²) in [7, 11) is 1.03. The summed E-state index contributed by atoms with van der Waals surface area (Å²) < 4.78 is 48.7. The number of hydrogen-bond donors (Lipinski definition) is 1. The SMILES string of the molecule is COc1c(F)c(F)cc(C(=O)N2CCC(N3C[C](n4cc(-c5ncnc6[nH]ccc56)cn4)C3)CC2)c1F. The number of benzene rings is 1. The van der Waals surface area contributed by atoms with Gasteiger partial charge in [0.2, 0.25) is 5.82 Å². The molecule has 5 heterocycles. The van der Waals surface area contributed by atoms with Crippen LogP contribution in [0.15, 0.2) is 37.1 Å². The van der Waals surface area contributed by atoms with Crippen LogP contribution < -0.4 is 4.74 Å². The van der Waals surface area contributed by atoms with Gasteiger partial charge < -0.3 is 14.6 Å². The van der Waals surface area contributed by atoms with Gasteiger partial charge in [0.1, 0.15) is 18.0 Å². The number of carbonyl (C=O) groups is 1. The molecule has 0 unspecified atom stereocenters. The molecule has 2 saturated heterocycles. The number of rotatable bonds is 5. The third kappa shape index (κ3) is 4.01. The number of aromatic nitrogens is 5. The van der Waals surface area contributed by atoms with Crippen LogP contribution in [0, 0.1) is 23.5 Å². The molecule has 1 radical (unpaired) electrons. The predicted octanol–water partition coefficient (Wildman–Crippen LogP) is 3.25. The highest BCUT2D eigenvalue weighted by atomic mass is 19.2. The van der Waals surface area contributed by atoms with Gasteiger partial charge in [-0.2, -0.15) is 9.49 Å². The zero-order valence-corrected chi connectivity index (χ0v) is 19.9. The molecule has 2 aliphatic heterocycles. The minimum Gasteiger partial charge on any atom is -0.491 e. The maximum Gasteiger partial charge on any atom is 0.257 e. The van der Waals surface area contributed by atoms with Crippen molar-refractivity contribution in [2.45, 2.75) is 18.9 Å². The molecule has 191 valence electrons. The summed E-state index contributed by atoms with van der Waals surface area (Å²) in [5.74, 6) is -5.51. The Hall–Kier alpha value is -3.93. The van der Waals surface area contributed by atoms with E-state index in [4.69, 9.17) is 0 Å². The molecule has 0 bridgehead atoms. The Morgan fingerprint density at radius 2 is 1.92 bits per heavy atom. The van der Waals surface area contributed by atoms with E-state index in [0.29, 0.717) is 32.0 Å². The molecular weight excluding hydrogens is 487 g/mol. The number of nitrogens with zero attached hydrogens (tertiary/aromatic N) is 6. The van der Waals surface area contributed by atoms with E-state index in [1.54, 1.807) is 6.20 Å². The van der Waals surface area contributed by atoms with Gasteiger partial charge in [0.25, 0.3) is 5.91 Å². The van der Waals surface area contributed by atoms with Gasteiger partial charge in [0, 0.05) is 55.6 Å². The molecule has 2 aliphatic rings. The largest absolute Gasteiger partial charge is 0.491 e. The molecule has 0 saturated carbocycles. The number of hydrogen-bond acceptors (Lipinski definition) is 6. The number of H-pyrrole nitrogens is 1. The first-order valence-electron chi connectivity index (χ1n) is 11.9. The number of amides is 1. The van der Waals surface area contributed by atoms with Gasteiger partial charge in [-0.15, -0.1) is 0 Å². The highest BCUT2D eigenvalue weighted by molar-refractivity contribution is 5.95. The third-order valence-corrected chi connectivity index (χ3v) is 7.12. The number of methoxy groups -OCH3 is 1. The lowest BCUT2D eigenvalue weighted by Crippen LogP contribution is -2.56. The van der Waals surface area contributed by atoms with Crippen molar-refractivity contribution < 1.29 is 22.7 Å². The quantitative estimate of drug-likeness (QED) is 0.415. The van der Waals surface area contributed by atoms with E-state index >= 15 is 0 Å². The predicted molar refractivity (Wildman–Crippen MR) is 127 cm³/mol. The Morgan fingerprint density at radius 1 is 1.14 bits per heavy atom. The van der Waals surface area contributed by atoms with Gasteiger partial charge in [-0.1, -0.05) is 0 Å². The maximum atomic E-state index is 14.6. The Balaban J connectivity index is 1.06. The second kappa shape index (κ2) is 9.18. The fourth-order valence-corrected chi connectivity index (χ4v) is 5.07. The molecule has 3 aromatic heterocycles. The second-order valence-corrected chi connectivity index (χ2v) is 9.20. The van der Waals surface area contributed by atoms with Crippen molar-refractivity contribution >= 4 is 16.9 Å². The van der Waals surface area contributed by atoms with Gasteiger partial charge in [0.15, 0.2) is 17.4 Å². The number of piperidine rings is 1. The van der Waals surface area contributed by atoms with Crippen molar-refractivity contribution in [2.24, 2.45) is 0 Å². The molecular formula is C25H23F3N7O2. The number of fused-ring (bicyclic) bond motifs is 1. The van der Waals surface area contributed by atoms with E-state index in [9.17, 15) is 18.0 Å². The van der Waals surface area contributed by atoms with Crippen molar-refractivity contribution in [3.8, 4) is 17.0 Å². The Labute approximate surface area is 209 Å². The summed E-state index contributed by atoms with van der Waals surface area (Å²) in [4.78, 5) is 28.3. The van der Waals surface area contributed by atoms with Crippen LogP contribution in [-0.4, -0.2) is 79.8 Å². The Bertz CT molecular complexity index is 1470. The van der Waals surface area contributed by atoms with Crippen LogP contribution in [0.4, 0.5) is 13.2 Å². The topological polar surface area (TPSA) is 92.2 Å². The first-order chi connectivity index (χ1) is 17.9. The fourth-order valence-electron chi connectivity index (χ4n) is 5.07. The highest BCUT2D eigenvalue weighted by Gasteiger charge is 2.37. The lowest BCUT2D eigenvalue weighted by molar-refractivity contribution is 0.0510. The molecule has 9 nitrogen and oxygen atoms in total. The fraction of sp³-hybridized carbons (Fsp3) is 0.320. The molecule has 0 aliphatic carbocycles. The molecule has 0 spiro atoms. The van der Waals surface area contributed by atoms with Gasteiger partial charge in [-0.3, -0.25) is 14.4 Å². The molecule has 1 aromatic carbocycles. The van der Waals surface area contributed by atoms with Crippen molar-refractivity contribution in [1.29, 1.82) is 0 Å². The summed E-state index contributed by atoms with van der Waals surface area (Å²) in [5.41, 5.74) is 1.98. The van der Waals surface area contributed by atoms with Crippen LogP contribution in [0.25, 0.3) is 22.3 Å². The number of carbonyl (C=O) groups excluding carboxylic acids is 1. The molecule has 4 aromatic rings. The standard InChI is InChI=1S/C25H23F3N7O2/c1-37-23-20(27)18(8-19(26)21(23)28)25(36)33-6-3-15(4-7-33)34-11-16(12-34)35-10-14(9-32-35)22-17-2-5-29-24(17)31-13-30-22/h2,5,8-10,13,15H,3-4,6-7,11-12H2,1H3,(H,29,30,31). The first-order valence-corrected chi connectivity index (χ1v) is 11.9. The van der Waals surface area contributed by atoms with Crippen LogP contribution >= 0.6 is 0 Å². The molecule has 37 heavy (non-hydrogen) atoms. The smallest absolute Gasteiger partial charge is 0.257 e. The van der Waals surface area contributed by atoms with Crippen LogP contribution in [0.5, 0.6) is 5.75 Å². The van der Waals surface area contributed by atoms with E-state index in [0.717, 1.165) is 48.5 Å². The molecule has 6 rings (SSSR count). The van der Waals surface area contributed by atoms with Gasteiger partial charge in [-0.25, -0.2) is 18.7 Å². The average Bonchev–Trinajstić information content (AvgIpc) is 3.56. The normalized spacial score (nSPS) is 17.4. The van der Waals surface area contributed by atoms with E-state index in [-0.39, 0.29) is 6.04 Å². The average molecular weight is 511 g/mol. The second-order valence-electron chi connectivity index (χ2n) is 9.20. The summed E-state index contributed by atoms with van der Waals surface area (Å²) >= 11 is 0. The zero-order valence-electron chi connectivity index (χ0n) is 19.9. The van der Waals surface area contributed by atoms with Gasteiger partial charge in [0.05, 0.1) is 24.6 Å². The number of halogens is 3. The van der Waals surface area contributed by atoms with E-state index in [1.807, 2.05) is 23.1 Å². The maximum absolute atomic E-state index is 14.6. The van der Waals surface area contributed by atoms with Crippen molar-refractivity contribution in [1.82, 2.24) is 34.5 Å². The Morgan fingerprint density at radius 3 is 2.68 bits per heavy atom. The first kappa shape index (κ1) is 23.5. The number of nitrogens with one attached hydrogen (secondary N) is 1. The lowest BCUT2D eigenvalue weighted by Gasteiger charge is -2.46. The minimum atomic E-state index is -1.45. The molecule has 2 fully saturated rings. The zero-order chi connectivity index (χ0) is 25.7. The molecule has 1 N–H and O–H groups in total. The number of likely N-dealkylation sites (tertiary alicyclic amines) is 2. The molecule has 1 amide bonds. The Kier molecular flexibility index (Phi) is 5.82. The van der Waals surface area contributed by atoms with Crippen LogP contribution in [-0.2, 0) is 0 Å². The van der Waals surface area contributed by atoms with Crippen LogP contribution in [0.3, 0.4) is 0 Å². The highest BCUT2D eigenvalue weighted by Crippen LogP contribution is 2.32. The van der Waals surface area contributed by atoms with E-state index in [2.05, 4.69) is 29.7 Å². The summed E-state index contributed by atoms with van der Waals surface area (Å²) in [6.45, 7) is 2.28. The lowest BCUT2D eigenvalue weighted by atomic mass is 9.97. The summed E-state index contributed by atoms with van der Waals surface area (Å²) in [6.07, 6.45) is 8.50. The monoisotopic (exact) mass is 510 g/mol. The van der Waals surface area contributed by atoms with Crippen LogP contribution in [0.1, 0.15) is 23.2 Å². The van der Waals surface area contributed by atoms with Gasteiger partial charge in [-0.05, 0) is 25.0 Å². The van der Waals surface area contributed by atoms with Gasteiger partial charge >= 0.3 is 0 Å². The van der Waals surface area contributed by atoms with Crippen LogP contribution in [0.2, 0.25) is 0 Å². The van der Waals surface area contributed by atoms with E-state index in [1.165, 1.54) is 11.2 Å².